The van der Waals surface area contributed by atoms with E-state index in [9.17, 15) is 0 Å². The number of anilines is 2. The van der Waals surface area contributed by atoms with Gasteiger partial charge in [0.2, 0.25) is 0 Å². The van der Waals surface area contributed by atoms with E-state index in [0.29, 0.717) is 11.7 Å². The lowest BCUT2D eigenvalue weighted by Gasteiger charge is -2.15. The Morgan fingerprint density at radius 2 is 1.81 bits per heavy atom. The van der Waals surface area contributed by atoms with Crippen molar-refractivity contribution in [3.8, 4) is 22.6 Å². The second-order valence-corrected chi connectivity index (χ2v) is 6.66. The summed E-state index contributed by atoms with van der Waals surface area (Å²) in [5.74, 6) is 3.42. The molecule has 0 amide bonds. The highest BCUT2D eigenvalue weighted by Gasteiger charge is 2.17. The van der Waals surface area contributed by atoms with Crippen molar-refractivity contribution in [3.63, 3.8) is 0 Å². The lowest BCUT2D eigenvalue weighted by Crippen LogP contribution is -2.18. The van der Waals surface area contributed by atoms with Crippen LogP contribution in [0.2, 0.25) is 0 Å². The second-order valence-electron chi connectivity index (χ2n) is 6.66. The minimum Gasteiger partial charge on any atom is -0.457 e. The van der Waals surface area contributed by atoms with Crippen LogP contribution < -0.4 is 21.1 Å². The van der Waals surface area contributed by atoms with Gasteiger partial charge in [-0.2, -0.15) is 0 Å². The van der Waals surface area contributed by atoms with Crippen molar-refractivity contribution in [2.45, 2.75) is 6.42 Å². The van der Waals surface area contributed by atoms with E-state index in [1.807, 2.05) is 54.6 Å². The summed E-state index contributed by atoms with van der Waals surface area (Å²) in [6.45, 7) is 2.98. The summed E-state index contributed by atoms with van der Waals surface area (Å²) in [5.41, 5.74) is 7.95. The fourth-order valence-corrected chi connectivity index (χ4v) is 3.26. The third kappa shape index (κ3) is 4.17. The number of ether oxygens (including phenoxy) is 1. The van der Waals surface area contributed by atoms with E-state index < -0.39 is 0 Å². The largest absolute Gasteiger partial charge is 0.457 e. The van der Waals surface area contributed by atoms with Crippen LogP contribution in [-0.2, 0) is 0 Å². The molecule has 1 aromatic heterocycles. The predicted molar refractivity (Wildman–Crippen MR) is 108 cm³/mol. The fourth-order valence-electron chi connectivity index (χ4n) is 3.26. The molecule has 2 aromatic carbocycles. The van der Waals surface area contributed by atoms with Crippen molar-refractivity contribution in [1.82, 2.24) is 15.3 Å². The zero-order chi connectivity index (χ0) is 18.5. The van der Waals surface area contributed by atoms with Gasteiger partial charge in [-0.3, -0.25) is 0 Å². The number of rotatable bonds is 6. The Labute approximate surface area is 158 Å². The number of nitrogens with zero attached hydrogens (tertiary/aromatic N) is 2. The molecule has 1 fully saturated rings. The van der Waals surface area contributed by atoms with Crippen LogP contribution in [0.25, 0.3) is 11.1 Å². The number of benzene rings is 2. The van der Waals surface area contributed by atoms with Crippen molar-refractivity contribution in [2.75, 3.05) is 30.7 Å². The van der Waals surface area contributed by atoms with Gasteiger partial charge in [0.1, 0.15) is 29.5 Å². The van der Waals surface area contributed by atoms with Gasteiger partial charge in [-0.05, 0) is 55.3 Å². The normalized spacial score (nSPS) is 16.2. The molecule has 27 heavy (non-hydrogen) atoms. The lowest BCUT2D eigenvalue weighted by atomic mass is 10.1. The summed E-state index contributed by atoms with van der Waals surface area (Å²) in [6, 6.07) is 17.5. The number of aromatic nitrogens is 2. The van der Waals surface area contributed by atoms with E-state index >= 15 is 0 Å². The number of nitrogens with two attached hydrogens (primary N) is 1. The molecule has 1 aliphatic rings. The summed E-state index contributed by atoms with van der Waals surface area (Å²) < 4.78 is 5.86. The zero-order valence-corrected chi connectivity index (χ0v) is 15.1. The van der Waals surface area contributed by atoms with Gasteiger partial charge >= 0.3 is 0 Å². The van der Waals surface area contributed by atoms with Gasteiger partial charge in [-0.15, -0.1) is 0 Å². The van der Waals surface area contributed by atoms with Crippen LogP contribution in [0.15, 0.2) is 60.9 Å². The van der Waals surface area contributed by atoms with E-state index in [0.717, 1.165) is 48.1 Å². The van der Waals surface area contributed by atoms with Crippen LogP contribution in [0.1, 0.15) is 6.42 Å². The van der Waals surface area contributed by atoms with Crippen LogP contribution in [0.5, 0.6) is 11.5 Å². The van der Waals surface area contributed by atoms with Crippen LogP contribution in [0.4, 0.5) is 11.6 Å². The third-order valence-electron chi connectivity index (χ3n) is 4.72. The average molecular weight is 361 g/mol. The van der Waals surface area contributed by atoms with E-state index in [-0.39, 0.29) is 0 Å². The van der Waals surface area contributed by atoms with Gasteiger partial charge in [0.25, 0.3) is 0 Å². The summed E-state index contributed by atoms with van der Waals surface area (Å²) in [7, 11) is 0. The van der Waals surface area contributed by atoms with E-state index in [4.69, 9.17) is 10.5 Å². The van der Waals surface area contributed by atoms with Gasteiger partial charge in [0.05, 0.1) is 5.56 Å². The van der Waals surface area contributed by atoms with Crippen molar-refractivity contribution in [2.24, 2.45) is 5.92 Å². The monoisotopic (exact) mass is 361 g/mol. The number of nitrogen functional groups attached to an aromatic ring is 1. The first-order valence-corrected chi connectivity index (χ1v) is 9.18. The van der Waals surface area contributed by atoms with E-state index in [1.165, 1.54) is 12.7 Å². The maximum absolute atomic E-state index is 6.16. The van der Waals surface area contributed by atoms with Gasteiger partial charge in [-0.25, -0.2) is 9.97 Å². The maximum atomic E-state index is 6.16. The van der Waals surface area contributed by atoms with Crippen molar-refractivity contribution < 1.29 is 4.74 Å². The van der Waals surface area contributed by atoms with Crippen molar-refractivity contribution in [3.05, 3.63) is 60.9 Å². The predicted octanol–water partition coefficient (Wildman–Crippen LogP) is 3.54. The Kier molecular flexibility index (Phi) is 5.16. The van der Waals surface area contributed by atoms with Gasteiger partial charge in [0, 0.05) is 6.54 Å². The molecule has 0 radical (unpaired) electrons. The van der Waals surface area contributed by atoms with Crippen LogP contribution >= 0.6 is 0 Å². The fraction of sp³-hybridized carbons (Fsp3) is 0.238. The van der Waals surface area contributed by atoms with Gasteiger partial charge < -0.3 is 21.1 Å². The molecule has 2 heterocycles. The lowest BCUT2D eigenvalue weighted by molar-refractivity contribution is 0.483. The van der Waals surface area contributed by atoms with E-state index in [2.05, 4.69) is 20.6 Å². The summed E-state index contributed by atoms with van der Waals surface area (Å²) >= 11 is 0. The van der Waals surface area contributed by atoms with Crippen LogP contribution in [0.3, 0.4) is 0 Å². The molecule has 6 heteroatoms. The van der Waals surface area contributed by atoms with Crippen molar-refractivity contribution in [1.29, 1.82) is 0 Å². The number of nitrogens with one attached hydrogen (secondary N) is 2. The molecule has 0 spiro atoms. The topological polar surface area (TPSA) is 85.1 Å². The molecule has 138 valence electrons. The molecule has 0 saturated carbocycles. The van der Waals surface area contributed by atoms with Crippen LogP contribution in [-0.4, -0.2) is 29.6 Å². The Hall–Kier alpha value is -3.12. The van der Waals surface area contributed by atoms with E-state index in [1.54, 1.807) is 0 Å². The quantitative estimate of drug-likeness (QED) is 0.623. The number of para-hydroxylation sites is 1. The average Bonchev–Trinajstić information content (AvgIpc) is 3.22. The third-order valence-corrected chi connectivity index (χ3v) is 4.72. The molecule has 1 atom stereocenters. The molecule has 1 aliphatic heterocycles. The Morgan fingerprint density at radius 1 is 1.04 bits per heavy atom. The molecule has 1 saturated heterocycles. The minimum atomic E-state index is 0.466. The molecule has 0 aliphatic carbocycles. The molecule has 6 nitrogen and oxygen atoms in total. The first-order chi connectivity index (χ1) is 13.3. The van der Waals surface area contributed by atoms with Crippen LogP contribution in [0, 0.1) is 5.92 Å². The Bertz CT molecular complexity index is 877. The summed E-state index contributed by atoms with van der Waals surface area (Å²) in [6.07, 6.45) is 2.68. The maximum Gasteiger partial charge on any atom is 0.139 e. The first kappa shape index (κ1) is 17.3. The van der Waals surface area contributed by atoms with Crippen molar-refractivity contribution >= 4 is 11.6 Å². The number of hydrogen-bond acceptors (Lipinski definition) is 6. The van der Waals surface area contributed by atoms with Gasteiger partial charge in [-0.1, -0.05) is 30.3 Å². The highest BCUT2D eigenvalue weighted by atomic mass is 16.5. The SMILES string of the molecule is Nc1ncnc(NC[C@@H]2CCNC2)c1-c1ccc(Oc2ccccc2)cc1. The second kappa shape index (κ2) is 8.05. The summed E-state index contributed by atoms with van der Waals surface area (Å²) in [5, 5.41) is 6.83. The highest BCUT2D eigenvalue weighted by molar-refractivity contribution is 5.83. The first-order valence-electron chi connectivity index (χ1n) is 9.18. The molecule has 0 unspecified atom stereocenters. The smallest absolute Gasteiger partial charge is 0.139 e. The Balaban J connectivity index is 1.53. The molecule has 4 rings (SSSR count). The van der Waals surface area contributed by atoms with Gasteiger partial charge in [0.15, 0.2) is 0 Å². The standard InChI is InChI=1S/C21H23N5O/c22-20-19(21(26-14-25-20)24-13-15-10-11-23-12-15)16-6-8-18(9-7-16)27-17-4-2-1-3-5-17/h1-9,14-15,23H,10-13H2,(H3,22,24,25,26)/t15-/m1/s1. The summed E-state index contributed by atoms with van der Waals surface area (Å²) in [4.78, 5) is 8.58. The Morgan fingerprint density at radius 3 is 2.56 bits per heavy atom. The highest BCUT2D eigenvalue weighted by Crippen LogP contribution is 2.32. The molecular formula is C21H23N5O. The minimum absolute atomic E-state index is 0.466. The zero-order valence-electron chi connectivity index (χ0n) is 15.1. The molecular weight excluding hydrogens is 338 g/mol. The molecule has 0 bridgehead atoms. The number of hydrogen-bond donors (Lipinski definition) is 3. The molecule has 4 N–H and O–H groups in total. The molecule has 3 aromatic rings.